The Kier molecular flexibility index (Phi) is 22.9. The molecule has 231 valence electrons. The summed E-state index contributed by atoms with van der Waals surface area (Å²) in [5, 5.41) is 15.7. The van der Waals surface area contributed by atoms with Crippen LogP contribution in [0.4, 0.5) is 0 Å². The summed E-state index contributed by atoms with van der Waals surface area (Å²) in [6.07, 6.45) is 0. The van der Waals surface area contributed by atoms with Gasteiger partial charge in [-0.25, -0.2) is 0 Å². The number of benzene rings is 6. The molecule has 6 aromatic rings. The number of hydrogen-bond donors (Lipinski definition) is 0. The topological polar surface area (TPSA) is 23.8 Å². The Hall–Kier alpha value is -2.80. The molecular weight excluding hydrogens is 825 g/mol. The smallest absolute Gasteiger partial charge is 0.0587 e. The molecule has 0 aromatic heterocycles. The van der Waals surface area contributed by atoms with Gasteiger partial charge in [0.1, 0.15) is 0 Å². The molecule has 0 aliphatic carbocycles. The molecule has 0 aliphatic rings. The van der Waals surface area contributed by atoms with Gasteiger partial charge in [0.2, 0.25) is 0 Å². The summed E-state index contributed by atoms with van der Waals surface area (Å²) in [6.45, 7) is 1.43. The molecule has 0 saturated carbocycles. The third kappa shape index (κ3) is 13.2. The van der Waals surface area contributed by atoms with E-state index in [1.807, 2.05) is 0 Å². The Labute approximate surface area is 303 Å². The van der Waals surface area contributed by atoms with Crippen LogP contribution in [0.1, 0.15) is 6.92 Å². The molecule has 7 heteroatoms. The molecule has 0 N–H and O–H groups in total. The van der Waals surface area contributed by atoms with E-state index < -0.39 is 15.8 Å². The van der Waals surface area contributed by atoms with Gasteiger partial charge in [0, 0.05) is 27.3 Å². The number of rotatable bonds is 6. The van der Waals surface area contributed by atoms with Gasteiger partial charge in [0.15, 0.2) is 0 Å². The van der Waals surface area contributed by atoms with E-state index in [-0.39, 0.29) is 57.6 Å². The van der Waals surface area contributed by atoms with Crippen LogP contribution in [0.3, 0.4) is 0 Å². The molecule has 0 saturated heterocycles. The van der Waals surface area contributed by atoms with E-state index in [4.69, 9.17) is 5.26 Å². The van der Waals surface area contributed by atoms with Crippen molar-refractivity contribution in [1.29, 1.82) is 5.26 Å². The van der Waals surface area contributed by atoms with Crippen LogP contribution < -0.4 is 69.0 Å². The molecule has 0 aliphatic heterocycles. The minimum absolute atomic E-state index is 0. The maximum atomic E-state index is 7.32. The quantitative estimate of drug-likeness (QED) is 0.186. The Morgan fingerprint density at radius 1 is 0.333 bits per heavy atom. The number of halogens is 3. The summed E-state index contributed by atoms with van der Waals surface area (Å²) in [5.41, 5.74) is 0. The van der Waals surface area contributed by atoms with E-state index >= 15 is 0 Å². The maximum absolute atomic E-state index is 7.32. The summed E-state index contributed by atoms with van der Waals surface area (Å²) in [5.74, 6) is 0. The van der Waals surface area contributed by atoms with Crippen LogP contribution in [0.2, 0.25) is 0 Å². The van der Waals surface area contributed by atoms with E-state index in [1.54, 1.807) is 6.07 Å². The van der Waals surface area contributed by atoms with Crippen LogP contribution >= 0.6 is 15.8 Å². The molecule has 6 aromatic carbocycles. The second kappa shape index (κ2) is 24.4. The van der Waals surface area contributed by atoms with E-state index in [2.05, 4.69) is 182 Å². The molecule has 6 rings (SSSR count). The van der Waals surface area contributed by atoms with Crippen molar-refractivity contribution in [3.05, 3.63) is 182 Å². The molecule has 0 atom stereocenters. The first kappa shape index (κ1) is 42.2. The normalized spacial score (nSPS) is 9.11. The Morgan fingerprint density at radius 3 is 0.556 bits per heavy atom. The second-order valence-corrected chi connectivity index (χ2v) is 13.3. The van der Waals surface area contributed by atoms with Gasteiger partial charge in [-0.3, -0.25) is 0 Å². The SMILES string of the molecule is CC#N.[Cl-].[Cl-].[Cl-].[Re].c1ccc(P(c2ccccc2)c2ccccc2)cc1.c1ccc(P(c2ccccc2)c2ccccc2)cc1. The molecule has 0 unspecified atom stereocenters. The van der Waals surface area contributed by atoms with Crippen LogP contribution in [0, 0.1) is 11.3 Å². The van der Waals surface area contributed by atoms with Crippen molar-refractivity contribution in [2.45, 2.75) is 6.92 Å². The van der Waals surface area contributed by atoms with Crippen LogP contribution in [0.25, 0.3) is 0 Å². The van der Waals surface area contributed by atoms with Gasteiger partial charge in [-0.1, -0.05) is 182 Å². The molecule has 1 radical (unpaired) electrons. The summed E-state index contributed by atoms with van der Waals surface area (Å²) in [7, 11) is -0.892. The zero-order valence-corrected chi connectivity index (χ0v) is 31.4. The largest absolute Gasteiger partial charge is 1.00 e. The van der Waals surface area contributed by atoms with Crippen LogP contribution in [0.15, 0.2) is 182 Å². The Balaban J connectivity index is 0.000000732. The van der Waals surface area contributed by atoms with Crippen LogP contribution in [-0.2, 0) is 20.4 Å². The summed E-state index contributed by atoms with van der Waals surface area (Å²) >= 11 is 0. The van der Waals surface area contributed by atoms with E-state index in [1.165, 1.54) is 38.8 Å². The van der Waals surface area contributed by atoms with Crippen molar-refractivity contribution in [2.24, 2.45) is 0 Å². The van der Waals surface area contributed by atoms with Crippen molar-refractivity contribution in [3.8, 4) is 6.07 Å². The minimum Gasteiger partial charge on any atom is -1.00 e. The number of nitrogens with zero attached hydrogens (tertiary/aromatic N) is 1. The Morgan fingerprint density at radius 2 is 0.444 bits per heavy atom. The van der Waals surface area contributed by atoms with Gasteiger partial charge < -0.3 is 37.2 Å². The van der Waals surface area contributed by atoms with E-state index in [0.717, 1.165) is 0 Å². The third-order valence-corrected chi connectivity index (χ3v) is 11.0. The number of nitriles is 1. The van der Waals surface area contributed by atoms with Gasteiger partial charge >= 0.3 is 0 Å². The minimum atomic E-state index is -0.446. The first-order valence-corrected chi connectivity index (χ1v) is 16.2. The monoisotopic (exact) mass is 857 g/mol. The van der Waals surface area contributed by atoms with Gasteiger partial charge in [-0.15, -0.1) is 0 Å². The fourth-order valence-corrected chi connectivity index (χ4v) is 8.97. The Bertz CT molecular complexity index is 1290. The molecule has 0 heterocycles. The molecular formula is C38H33Cl3NP2Re-3. The van der Waals surface area contributed by atoms with Crippen molar-refractivity contribution in [3.63, 3.8) is 0 Å². The van der Waals surface area contributed by atoms with Gasteiger partial charge in [0.25, 0.3) is 0 Å². The average molecular weight is 858 g/mol. The molecule has 0 fully saturated rings. The van der Waals surface area contributed by atoms with E-state index in [9.17, 15) is 0 Å². The molecule has 1 nitrogen and oxygen atoms in total. The van der Waals surface area contributed by atoms with Gasteiger partial charge in [0.05, 0.1) is 6.07 Å². The molecule has 0 spiro atoms. The second-order valence-electron chi connectivity index (χ2n) is 8.91. The molecule has 0 bridgehead atoms. The fraction of sp³-hybridized carbons (Fsp3) is 0.0263. The van der Waals surface area contributed by atoms with Crippen molar-refractivity contribution < 1.29 is 57.6 Å². The predicted octanol–water partition coefficient (Wildman–Crippen LogP) is -1.57. The molecule has 45 heavy (non-hydrogen) atoms. The van der Waals surface area contributed by atoms with Crippen molar-refractivity contribution in [1.82, 2.24) is 0 Å². The summed E-state index contributed by atoms with van der Waals surface area (Å²) in [4.78, 5) is 0. The first-order valence-electron chi connectivity index (χ1n) is 13.5. The zero-order valence-electron chi connectivity index (χ0n) is 24.7. The van der Waals surface area contributed by atoms with Crippen LogP contribution in [0.5, 0.6) is 0 Å². The average Bonchev–Trinajstić information content (AvgIpc) is 3.05. The molecule has 0 amide bonds. The first-order chi connectivity index (χ1) is 20.3. The summed E-state index contributed by atoms with van der Waals surface area (Å²) in [6, 6.07) is 66.4. The predicted molar refractivity (Wildman–Crippen MR) is 182 cm³/mol. The van der Waals surface area contributed by atoms with E-state index in [0.29, 0.717) is 0 Å². The fourth-order valence-electron chi connectivity index (χ4n) is 4.36. The summed E-state index contributed by atoms with van der Waals surface area (Å²) < 4.78 is 0. The zero-order chi connectivity index (χ0) is 28.5. The maximum Gasteiger partial charge on any atom is 0.0587 e. The van der Waals surface area contributed by atoms with Gasteiger partial charge in [-0.2, -0.15) is 5.26 Å². The standard InChI is InChI=1S/2C18H15P.C2H3N.3ClH.Re/c2*1-4-10-16(11-5-1)19(17-12-6-2-7-13-17)18-14-8-3-9-15-18;1-2-3;;;;/h2*1-15H;1H3;3*1H;/p-3. The number of hydrogen-bond acceptors (Lipinski definition) is 1. The third-order valence-electron chi connectivity index (χ3n) is 6.09. The van der Waals surface area contributed by atoms with Crippen molar-refractivity contribution >= 4 is 47.7 Å². The van der Waals surface area contributed by atoms with Gasteiger partial charge in [-0.05, 0) is 47.7 Å². The van der Waals surface area contributed by atoms with Crippen LogP contribution in [-0.4, -0.2) is 0 Å². The van der Waals surface area contributed by atoms with Crippen molar-refractivity contribution in [2.75, 3.05) is 0 Å².